The molecule has 2 heteroatoms. The highest BCUT2D eigenvalue weighted by atomic mass is 16.3. The van der Waals surface area contributed by atoms with Crippen molar-refractivity contribution in [2.75, 3.05) is 0 Å². The Balaban J connectivity index is 2.20. The van der Waals surface area contributed by atoms with Gasteiger partial charge in [0.25, 0.3) is 0 Å². The van der Waals surface area contributed by atoms with Crippen molar-refractivity contribution in [3.05, 3.63) is 23.3 Å². The zero-order valence-corrected chi connectivity index (χ0v) is 8.79. The summed E-state index contributed by atoms with van der Waals surface area (Å²) in [6.07, 6.45) is 6.90. The number of aromatic hydroxyl groups is 2. The van der Waals surface area contributed by atoms with Gasteiger partial charge in [-0.05, 0) is 43.2 Å². The Kier molecular flexibility index (Phi) is 1.76. The molecule has 0 radical (unpaired) electrons. The second-order valence-electron chi connectivity index (χ2n) is 4.94. The molecule has 80 valence electrons. The molecule has 0 unspecified atom stereocenters. The lowest BCUT2D eigenvalue weighted by Gasteiger charge is -2.25. The molecule has 1 saturated carbocycles. The third kappa shape index (κ3) is 1.11. The summed E-state index contributed by atoms with van der Waals surface area (Å²) in [7, 11) is 0. The van der Waals surface area contributed by atoms with E-state index in [0.717, 1.165) is 24.0 Å². The van der Waals surface area contributed by atoms with Gasteiger partial charge in [-0.2, -0.15) is 0 Å². The topological polar surface area (TPSA) is 40.5 Å². The van der Waals surface area contributed by atoms with Crippen LogP contribution < -0.4 is 0 Å². The Morgan fingerprint density at radius 2 is 1.60 bits per heavy atom. The fourth-order valence-corrected chi connectivity index (χ4v) is 3.51. The first-order valence-corrected chi connectivity index (χ1v) is 5.77. The van der Waals surface area contributed by atoms with Crippen LogP contribution in [0.4, 0.5) is 0 Å². The maximum Gasteiger partial charge on any atom is 0.119 e. The number of phenols is 2. The molecule has 0 amide bonds. The minimum absolute atomic E-state index is 0.193. The van der Waals surface area contributed by atoms with Crippen LogP contribution in [0.15, 0.2) is 12.1 Å². The number of fused-ring (bicyclic) bond motifs is 2. The smallest absolute Gasteiger partial charge is 0.119 e. The molecule has 2 aliphatic carbocycles. The molecule has 15 heavy (non-hydrogen) atoms. The lowest BCUT2D eigenvalue weighted by Crippen LogP contribution is -2.17. The van der Waals surface area contributed by atoms with Gasteiger partial charge >= 0.3 is 0 Å². The van der Waals surface area contributed by atoms with Crippen molar-refractivity contribution in [3.63, 3.8) is 0 Å². The van der Waals surface area contributed by atoms with Gasteiger partial charge in [0.05, 0.1) is 0 Å². The molecular formula is C13H16O2. The Morgan fingerprint density at radius 3 is 2.33 bits per heavy atom. The van der Waals surface area contributed by atoms with E-state index >= 15 is 0 Å². The van der Waals surface area contributed by atoms with Gasteiger partial charge < -0.3 is 10.2 Å². The maximum absolute atomic E-state index is 9.97. The van der Waals surface area contributed by atoms with E-state index in [0.29, 0.717) is 11.5 Å². The van der Waals surface area contributed by atoms with Crippen molar-refractivity contribution in [3.8, 4) is 11.5 Å². The standard InChI is InChI=1S/C13H16O2/c14-10-3-4-11(15)12-9(10)5-8-13(12)6-1-2-7-13/h3-4,14-15H,1-2,5-8H2. The normalized spacial score (nSPS) is 22.1. The minimum atomic E-state index is 0.193. The molecule has 2 aliphatic rings. The van der Waals surface area contributed by atoms with Gasteiger partial charge in [0.1, 0.15) is 11.5 Å². The van der Waals surface area contributed by atoms with Crippen molar-refractivity contribution >= 4 is 0 Å². The molecule has 0 aromatic heterocycles. The zero-order valence-electron chi connectivity index (χ0n) is 8.79. The summed E-state index contributed by atoms with van der Waals surface area (Å²) < 4.78 is 0. The van der Waals surface area contributed by atoms with Crippen LogP contribution in [-0.2, 0) is 11.8 Å². The van der Waals surface area contributed by atoms with Crippen LogP contribution in [0.1, 0.15) is 43.2 Å². The van der Waals surface area contributed by atoms with Crippen LogP contribution >= 0.6 is 0 Å². The highest BCUT2D eigenvalue weighted by molar-refractivity contribution is 5.54. The third-order valence-corrected chi connectivity index (χ3v) is 4.21. The first-order chi connectivity index (χ1) is 7.23. The number of benzene rings is 1. The Morgan fingerprint density at radius 1 is 0.933 bits per heavy atom. The molecule has 1 aromatic carbocycles. The van der Waals surface area contributed by atoms with E-state index in [1.807, 2.05) is 0 Å². The van der Waals surface area contributed by atoms with Crippen LogP contribution in [0, 0.1) is 0 Å². The minimum Gasteiger partial charge on any atom is -0.508 e. The van der Waals surface area contributed by atoms with Crippen molar-refractivity contribution < 1.29 is 10.2 Å². The SMILES string of the molecule is Oc1ccc(O)c2c1CCC21CCCC1. The predicted octanol–water partition coefficient (Wildman–Crippen LogP) is 2.86. The van der Waals surface area contributed by atoms with E-state index in [9.17, 15) is 10.2 Å². The van der Waals surface area contributed by atoms with Crippen LogP contribution in [-0.4, -0.2) is 10.2 Å². The van der Waals surface area contributed by atoms with E-state index in [-0.39, 0.29) is 5.41 Å². The average molecular weight is 204 g/mol. The van der Waals surface area contributed by atoms with Gasteiger partial charge in [-0.3, -0.25) is 0 Å². The molecule has 2 N–H and O–H groups in total. The summed E-state index contributed by atoms with van der Waals surface area (Å²) in [6.45, 7) is 0. The van der Waals surface area contributed by atoms with Gasteiger partial charge in [-0.25, -0.2) is 0 Å². The van der Waals surface area contributed by atoms with Crippen LogP contribution in [0.2, 0.25) is 0 Å². The van der Waals surface area contributed by atoms with Gasteiger partial charge in [0.2, 0.25) is 0 Å². The second kappa shape index (κ2) is 2.91. The maximum atomic E-state index is 9.97. The highest BCUT2D eigenvalue weighted by Gasteiger charge is 2.43. The van der Waals surface area contributed by atoms with E-state index in [1.54, 1.807) is 12.1 Å². The van der Waals surface area contributed by atoms with Crippen LogP contribution in [0.5, 0.6) is 11.5 Å². The van der Waals surface area contributed by atoms with E-state index in [2.05, 4.69) is 0 Å². The largest absolute Gasteiger partial charge is 0.508 e. The summed E-state index contributed by atoms with van der Waals surface area (Å²) in [5, 5.41) is 19.8. The molecule has 1 fully saturated rings. The molecule has 0 heterocycles. The Bertz CT molecular complexity index is 403. The lowest BCUT2D eigenvalue weighted by molar-refractivity contribution is 0.401. The molecule has 2 nitrogen and oxygen atoms in total. The molecule has 0 saturated heterocycles. The first kappa shape index (κ1) is 9.08. The Hall–Kier alpha value is -1.18. The van der Waals surface area contributed by atoms with E-state index in [4.69, 9.17) is 0 Å². The van der Waals surface area contributed by atoms with Crippen LogP contribution in [0.3, 0.4) is 0 Å². The second-order valence-corrected chi connectivity index (χ2v) is 4.94. The fourth-order valence-electron chi connectivity index (χ4n) is 3.51. The van der Waals surface area contributed by atoms with Crippen molar-refractivity contribution in [2.45, 2.75) is 43.9 Å². The average Bonchev–Trinajstić information content (AvgIpc) is 2.83. The quantitative estimate of drug-likeness (QED) is 0.638. The summed E-state index contributed by atoms with van der Waals surface area (Å²) in [5.74, 6) is 0.758. The van der Waals surface area contributed by atoms with Crippen molar-refractivity contribution in [1.29, 1.82) is 0 Å². The van der Waals surface area contributed by atoms with Gasteiger partial charge in [-0.15, -0.1) is 0 Å². The van der Waals surface area contributed by atoms with Gasteiger partial charge in [-0.1, -0.05) is 12.8 Å². The molecule has 3 rings (SSSR count). The number of rotatable bonds is 0. The molecule has 1 spiro atoms. The van der Waals surface area contributed by atoms with E-state index in [1.165, 1.54) is 25.7 Å². The number of phenolic OH excluding ortho intramolecular Hbond substituents is 2. The molecule has 0 atom stereocenters. The fraction of sp³-hybridized carbons (Fsp3) is 0.538. The van der Waals surface area contributed by atoms with Crippen LogP contribution in [0.25, 0.3) is 0 Å². The summed E-state index contributed by atoms with van der Waals surface area (Å²) in [6, 6.07) is 3.25. The zero-order chi connectivity index (χ0) is 10.5. The van der Waals surface area contributed by atoms with Crippen molar-refractivity contribution in [1.82, 2.24) is 0 Å². The first-order valence-electron chi connectivity index (χ1n) is 5.77. The van der Waals surface area contributed by atoms with Gasteiger partial charge in [0, 0.05) is 11.1 Å². The van der Waals surface area contributed by atoms with Crippen molar-refractivity contribution in [2.24, 2.45) is 0 Å². The predicted molar refractivity (Wildman–Crippen MR) is 58.2 cm³/mol. The monoisotopic (exact) mass is 204 g/mol. The molecule has 0 aliphatic heterocycles. The van der Waals surface area contributed by atoms with E-state index < -0.39 is 0 Å². The third-order valence-electron chi connectivity index (χ3n) is 4.21. The summed E-state index contributed by atoms with van der Waals surface area (Å²) in [4.78, 5) is 0. The summed E-state index contributed by atoms with van der Waals surface area (Å²) in [5.41, 5.74) is 2.25. The molecular weight excluding hydrogens is 188 g/mol. The number of hydrogen-bond donors (Lipinski definition) is 2. The highest BCUT2D eigenvalue weighted by Crippen LogP contribution is 2.54. The Labute approximate surface area is 89.6 Å². The molecule has 0 bridgehead atoms. The lowest BCUT2D eigenvalue weighted by atomic mass is 9.80. The number of hydrogen-bond acceptors (Lipinski definition) is 2. The molecule has 1 aromatic rings. The summed E-state index contributed by atoms with van der Waals surface area (Å²) >= 11 is 0. The van der Waals surface area contributed by atoms with Gasteiger partial charge in [0.15, 0.2) is 0 Å².